The van der Waals surface area contributed by atoms with Crippen LogP contribution in [0.2, 0.25) is 0 Å². The second-order valence-corrected chi connectivity index (χ2v) is 3.25. The molecule has 1 spiro atoms. The van der Waals surface area contributed by atoms with Crippen molar-refractivity contribution >= 4 is 0 Å². The van der Waals surface area contributed by atoms with E-state index < -0.39 is 0 Å². The molecule has 0 unspecified atom stereocenters. The van der Waals surface area contributed by atoms with Crippen LogP contribution in [-0.4, -0.2) is 25.4 Å². The molecule has 58 valence electrons. The third-order valence-corrected chi connectivity index (χ3v) is 2.36. The van der Waals surface area contributed by atoms with Gasteiger partial charge in [0.25, 0.3) is 0 Å². The minimum Gasteiger partial charge on any atom is -0.379 e. The normalized spacial score (nSPS) is 31.2. The van der Waals surface area contributed by atoms with Crippen molar-refractivity contribution in [3.63, 3.8) is 0 Å². The van der Waals surface area contributed by atoms with Gasteiger partial charge in [-0.05, 0) is 25.7 Å². The maximum atomic E-state index is 5.66. The summed E-state index contributed by atoms with van der Waals surface area (Å²) in [5.74, 6) is 0. The van der Waals surface area contributed by atoms with Crippen LogP contribution in [0.1, 0.15) is 25.7 Å². The van der Waals surface area contributed by atoms with E-state index in [9.17, 15) is 0 Å². The Kier molecular flexibility index (Phi) is 1.66. The Balaban J connectivity index is 1.84. The molecule has 2 aliphatic rings. The first kappa shape index (κ1) is 6.62. The van der Waals surface area contributed by atoms with Gasteiger partial charge in [0.2, 0.25) is 0 Å². The molecular formula is C8H14O2. The third kappa shape index (κ3) is 1.32. The van der Waals surface area contributed by atoms with Crippen molar-refractivity contribution in [2.24, 2.45) is 0 Å². The average molecular weight is 142 g/mol. The maximum absolute atomic E-state index is 5.66. The first-order chi connectivity index (χ1) is 4.91. The van der Waals surface area contributed by atoms with Crippen LogP contribution < -0.4 is 0 Å². The zero-order chi connectivity index (χ0) is 6.86. The molecule has 1 heterocycles. The van der Waals surface area contributed by atoms with Gasteiger partial charge < -0.3 is 9.47 Å². The number of ether oxygens (including phenoxy) is 2. The van der Waals surface area contributed by atoms with E-state index in [1.807, 2.05) is 0 Å². The van der Waals surface area contributed by atoms with E-state index in [1.165, 1.54) is 25.7 Å². The fourth-order valence-electron chi connectivity index (χ4n) is 1.52. The topological polar surface area (TPSA) is 18.5 Å². The molecule has 2 rings (SSSR count). The minimum absolute atomic E-state index is 0.323. The molecule has 0 amide bonds. The quantitative estimate of drug-likeness (QED) is 0.508. The van der Waals surface area contributed by atoms with Crippen LogP contribution in [0.15, 0.2) is 0 Å². The van der Waals surface area contributed by atoms with E-state index in [1.54, 1.807) is 0 Å². The molecule has 10 heavy (non-hydrogen) atoms. The summed E-state index contributed by atoms with van der Waals surface area (Å²) < 4.78 is 10.9. The molecular weight excluding hydrogens is 128 g/mol. The van der Waals surface area contributed by atoms with Gasteiger partial charge >= 0.3 is 0 Å². The van der Waals surface area contributed by atoms with Crippen molar-refractivity contribution in [3.05, 3.63) is 0 Å². The fourth-order valence-corrected chi connectivity index (χ4v) is 1.52. The first-order valence-electron chi connectivity index (χ1n) is 4.13. The highest BCUT2D eigenvalue weighted by Gasteiger charge is 2.43. The summed E-state index contributed by atoms with van der Waals surface area (Å²) in [4.78, 5) is 0. The second-order valence-electron chi connectivity index (χ2n) is 3.25. The van der Waals surface area contributed by atoms with E-state index in [0.717, 1.165) is 19.8 Å². The van der Waals surface area contributed by atoms with Crippen molar-refractivity contribution in [1.82, 2.24) is 0 Å². The molecule has 2 fully saturated rings. The van der Waals surface area contributed by atoms with E-state index in [2.05, 4.69) is 0 Å². The number of hydrogen-bond acceptors (Lipinski definition) is 2. The van der Waals surface area contributed by atoms with Gasteiger partial charge in [-0.25, -0.2) is 0 Å². The van der Waals surface area contributed by atoms with E-state index in [0.29, 0.717) is 5.60 Å². The van der Waals surface area contributed by atoms with Gasteiger partial charge in [-0.2, -0.15) is 0 Å². The standard InChI is InChI=1S/C8H14O2/c1-2-8(3-4-8)10-7-6-9-5-1/h1-7H2. The predicted octanol–water partition coefficient (Wildman–Crippen LogP) is 1.35. The summed E-state index contributed by atoms with van der Waals surface area (Å²) >= 11 is 0. The van der Waals surface area contributed by atoms with Crippen LogP contribution in [0.25, 0.3) is 0 Å². The van der Waals surface area contributed by atoms with Crippen LogP contribution in [0.3, 0.4) is 0 Å². The Hall–Kier alpha value is -0.0800. The van der Waals surface area contributed by atoms with Crippen molar-refractivity contribution in [2.45, 2.75) is 31.3 Å². The van der Waals surface area contributed by atoms with Gasteiger partial charge in [0.1, 0.15) is 0 Å². The Labute approximate surface area is 61.5 Å². The third-order valence-electron chi connectivity index (χ3n) is 2.36. The van der Waals surface area contributed by atoms with Crippen LogP contribution in [0.4, 0.5) is 0 Å². The number of rotatable bonds is 0. The largest absolute Gasteiger partial charge is 0.379 e. The van der Waals surface area contributed by atoms with Crippen LogP contribution >= 0.6 is 0 Å². The number of hydrogen-bond donors (Lipinski definition) is 0. The Bertz CT molecular complexity index is 108. The fraction of sp³-hybridized carbons (Fsp3) is 1.00. The summed E-state index contributed by atoms with van der Waals surface area (Å²) in [5.41, 5.74) is 0.323. The van der Waals surface area contributed by atoms with Gasteiger partial charge in [0, 0.05) is 6.61 Å². The predicted molar refractivity (Wildman–Crippen MR) is 38.0 cm³/mol. The zero-order valence-corrected chi connectivity index (χ0v) is 6.27. The molecule has 1 aliphatic carbocycles. The molecule has 1 saturated carbocycles. The lowest BCUT2D eigenvalue weighted by atomic mass is 10.2. The highest BCUT2D eigenvalue weighted by molar-refractivity contribution is 4.95. The smallest absolute Gasteiger partial charge is 0.0708 e. The average Bonchev–Trinajstić information content (AvgIpc) is 2.61. The lowest BCUT2D eigenvalue weighted by molar-refractivity contribution is -0.0378. The molecule has 0 radical (unpaired) electrons. The van der Waals surface area contributed by atoms with Gasteiger partial charge in [-0.1, -0.05) is 0 Å². The molecule has 2 heteroatoms. The zero-order valence-electron chi connectivity index (χ0n) is 6.27. The van der Waals surface area contributed by atoms with Crippen LogP contribution in [0, 0.1) is 0 Å². The lowest BCUT2D eigenvalue weighted by Crippen LogP contribution is -2.21. The van der Waals surface area contributed by atoms with Crippen LogP contribution in [-0.2, 0) is 9.47 Å². The minimum atomic E-state index is 0.323. The van der Waals surface area contributed by atoms with Gasteiger partial charge in [-0.15, -0.1) is 0 Å². The van der Waals surface area contributed by atoms with Crippen molar-refractivity contribution in [2.75, 3.05) is 19.8 Å². The van der Waals surface area contributed by atoms with Crippen LogP contribution in [0.5, 0.6) is 0 Å². The highest BCUT2D eigenvalue weighted by Crippen LogP contribution is 2.43. The molecule has 0 aromatic rings. The highest BCUT2D eigenvalue weighted by atomic mass is 16.5. The Morgan fingerprint density at radius 3 is 2.60 bits per heavy atom. The summed E-state index contributed by atoms with van der Waals surface area (Å²) in [5, 5.41) is 0. The van der Waals surface area contributed by atoms with Gasteiger partial charge in [-0.3, -0.25) is 0 Å². The molecule has 0 atom stereocenters. The van der Waals surface area contributed by atoms with Crippen molar-refractivity contribution in [1.29, 1.82) is 0 Å². The molecule has 0 N–H and O–H groups in total. The first-order valence-corrected chi connectivity index (χ1v) is 4.13. The van der Waals surface area contributed by atoms with Crippen molar-refractivity contribution in [3.8, 4) is 0 Å². The SMILES string of the molecule is C1COCCOC2(C1)CC2. The Morgan fingerprint density at radius 2 is 1.80 bits per heavy atom. The summed E-state index contributed by atoms with van der Waals surface area (Å²) in [7, 11) is 0. The monoisotopic (exact) mass is 142 g/mol. The Morgan fingerprint density at radius 1 is 0.900 bits per heavy atom. The van der Waals surface area contributed by atoms with Gasteiger partial charge in [0.05, 0.1) is 18.8 Å². The summed E-state index contributed by atoms with van der Waals surface area (Å²) in [6.07, 6.45) is 4.97. The molecule has 0 aromatic carbocycles. The molecule has 1 aliphatic heterocycles. The lowest BCUT2D eigenvalue weighted by Gasteiger charge is -2.19. The van der Waals surface area contributed by atoms with E-state index >= 15 is 0 Å². The molecule has 2 nitrogen and oxygen atoms in total. The van der Waals surface area contributed by atoms with Crippen molar-refractivity contribution < 1.29 is 9.47 Å². The summed E-state index contributed by atoms with van der Waals surface area (Å²) in [6, 6.07) is 0. The second kappa shape index (κ2) is 2.51. The molecule has 0 aromatic heterocycles. The molecule has 0 bridgehead atoms. The van der Waals surface area contributed by atoms with E-state index in [-0.39, 0.29) is 0 Å². The van der Waals surface area contributed by atoms with E-state index in [4.69, 9.17) is 9.47 Å². The maximum Gasteiger partial charge on any atom is 0.0708 e. The molecule has 1 saturated heterocycles. The summed E-state index contributed by atoms with van der Waals surface area (Å²) in [6.45, 7) is 2.53. The van der Waals surface area contributed by atoms with Gasteiger partial charge in [0.15, 0.2) is 0 Å².